The molecule has 0 spiro atoms. The predicted octanol–water partition coefficient (Wildman–Crippen LogP) is 0.800. The van der Waals surface area contributed by atoms with E-state index in [1.807, 2.05) is 34.6 Å². The molecule has 2 aliphatic heterocycles. The van der Waals surface area contributed by atoms with E-state index in [1.165, 1.54) is 6.26 Å². The summed E-state index contributed by atoms with van der Waals surface area (Å²) in [7, 11) is 0. The SMILES string of the molecule is O=C(c1ccco1)N1CCN(N2C=CC=CN2)CC1. The van der Waals surface area contributed by atoms with Crippen LogP contribution in [0.15, 0.2) is 47.4 Å². The van der Waals surface area contributed by atoms with Gasteiger partial charge < -0.3 is 9.32 Å². The summed E-state index contributed by atoms with van der Waals surface area (Å²) >= 11 is 0. The van der Waals surface area contributed by atoms with Crippen LogP contribution in [0, 0.1) is 0 Å². The lowest BCUT2D eigenvalue weighted by atomic mass is 10.3. The molecule has 1 aromatic rings. The van der Waals surface area contributed by atoms with Gasteiger partial charge in [-0.25, -0.2) is 5.12 Å². The zero-order valence-corrected chi connectivity index (χ0v) is 10.5. The van der Waals surface area contributed by atoms with Crippen molar-refractivity contribution in [1.29, 1.82) is 0 Å². The Morgan fingerprint density at radius 1 is 1.21 bits per heavy atom. The first kappa shape index (κ1) is 11.9. The van der Waals surface area contributed by atoms with E-state index >= 15 is 0 Å². The molecule has 100 valence electrons. The number of piperazine rings is 1. The normalized spacial score (nSPS) is 19.6. The molecule has 3 heterocycles. The van der Waals surface area contributed by atoms with Crippen LogP contribution in [0.25, 0.3) is 0 Å². The number of amides is 1. The molecule has 0 saturated carbocycles. The molecule has 6 nitrogen and oxygen atoms in total. The molecule has 1 N–H and O–H groups in total. The first-order valence-corrected chi connectivity index (χ1v) is 6.31. The molecular weight excluding hydrogens is 244 g/mol. The smallest absolute Gasteiger partial charge is 0.289 e. The number of hydrogen-bond acceptors (Lipinski definition) is 5. The van der Waals surface area contributed by atoms with Crippen LogP contribution in [-0.4, -0.2) is 47.1 Å². The fourth-order valence-electron chi connectivity index (χ4n) is 2.20. The van der Waals surface area contributed by atoms with Crippen LogP contribution in [0.1, 0.15) is 10.6 Å². The minimum absolute atomic E-state index is 0.0355. The number of furan rings is 1. The molecule has 0 bridgehead atoms. The fraction of sp³-hybridized carbons (Fsp3) is 0.308. The summed E-state index contributed by atoms with van der Waals surface area (Å²) in [5.74, 6) is 0.374. The number of carbonyl (C=O) groups is 1. The Kier molecular flexibility index (Phi) is 3.24. The van der Waals surface area contributed by atoms with Gasteiger partial charge in [0.15, 0.2) is 5.76 Å². The summed E-state index contributed by atoms with van der Waals surface area (Å²) < 4.78 is 5.14. The third kappa shape index (κ3) is 2.48. The molecule has 1 saturated heterocycles. The van der Waals surface area contributed by atoms with Gasteiger partial charge in [0.1, 0.15) is 0 Å². The lowest BCUT2D eigenvalue weighted by Crippen LogP contribution is -2.56. The van der Waals surface area contributed by atoms with Crippen molar-refractivity contribution < 1.29 is 9.21 Å². The minimum atomic E-state index is -0.0355. The van der Waals surface area contributed by atoms with Crippen molar-refractivity contribution in [3.8, 4) is 0 Å². The average Bonchev–Trinajstić information content (AvgIpc) is 3.02. The first-order chi connectivity index (χ1) is 9.34. The Balaban J connectivity index is 1.56. The summed E-state index contributed by atoms with van der Waals surface area (Å²) in [6.45, 7) is 2.96. The van der Waals surface area contributed by atoms with Gasteiger partial charge in [0, 0.05) is 38.6 Å². The molecule has 2 aliphatic rings. The van der Waals surface area contributed by atoms with E-state index in [0.717, 1.165) is 13.1 Å². The van der Waals surface area contributed by atoms with Crippen molar-refractivity contribution in [3.63, 3.8) is 0 Å². The van der Waals surface area contributed by atoms with Gasteiger partial charge in [-0.05, 0) is 24.3 Å². The molecule has 0 atom stereocenters. The van der Waals surface area contributed by atoms with Crippen LogP contribution in [0.5, 0.6) is 0 Å². The monoisotopic (exact) mass is 260 g/mol. The Morgan fingerprint density at radius 2 is 2.05 bits per heavy atom. The van der Waals surface area contributed by atoms with Gasteiger partial charge in [-0.2, -0.15) is 5.01 Å². The van der Waals surface area contributed by atoms with Crippen molar-refractivity contribution in [3.05, 3.63) is 48.7 Å². The number of allylic oxidation sites excluding steroid dienone is 2. The molecule has 1 aromatic heterocycles. The predicted molar refractivity (Wildman–Crippen MR) is 69.4 cm³/mol. The molecule has 0 unspecified atom stereocenters. The molecule has 1 amide bonds. The highest BCUT2D eigenvalue weighted by Gasteiger charge is 2.25. The maximum atomic E-state index is 12.1. The van der Waals surface area contributed by atoms with Crippen molar-refractivity contribution in [2.24, 2.45) is 0 Å². The van der Waals surface area contributed by atoms with E-state index in [1.54, 1.807) is 12.1 Å². The lowest BCUT2D eigenvalue weighted by molar-refractivity contribution is -0.0421. The van der Waals surface area contributed by atoms with Gasteiger partial charge >= 0.3 is 0 Å². The molecule has 3 rings (SSSR count). The molecule has 19 heavy (non-hydrogen) atoms. The minimum Gasteiger partial charge on any atom is -0.459 e. The van der Waals surface area contributed by atoms with Crippen LogP contribution in [0.4, 0.5) is 0 Å². The summed E-state index contributed by atoms with van der Waals surface area (Å²) in [5.41, 5.74) is 3.13. The maximum Gasteiger partial charge on any atom is 0.289 e. The second-order valence-electron chi connectivity index (χ2n) is 4.40. The lowest BCUT2D eigenvalue weighted by Gasteiger charge is -2.40. The van der Waals surface area contributed by atoms with E-state index in [2.05, 4.69) is 10.4 Å². The fourth-order valence-corrected chi connectivity index (χ4v) is 2.20. The van der Waals surface area contributed by atoms with Crippen molar-refractivity contribution in [1.82, 2.24) is 20.5 Å². The molecule has 0 radical (unpaired) electrons. The Labute approximate surface area is 111 Å². The number of hydrogen-bond donors (Lipinski definition) is 1. The molecular formula is C13H16N4O2. The summed E-state index contributed by atoms with van der Waals surface area (Å²) in [6.07, 6.45) is 9.27. The number of nitrogens with one attached hydrogen (secondary N) is 1. The van der Waals surface area contributed by atoms with Crippen LogP contribution in [-0.2, 0) is 0 Å². The van der Waals surface area contributed by atoms with E-state index in [-0.39, 0.29) is 5.91 Å². The summed E-state index contributed by atoms with van der Waals surface area (Å²) in [4.78, 5) is 13.9. The molecule has 1 fully saturated rings. The van der Waals surface area contributed by atoms with Gasteiger partial charge in [0.05, 0.1) is 6.26 Å². The number of carbonyl (C=O) groups excluding carboxylic acids is 1. The van der Waals surface area contributed by atoms with E-state index in [0.29, 0.717) is 18.8 Å². The van der Waals surface area contributed by atoms with Crippen LogP contribution >= 0.6 is 0 Å². The van der Waals surface area contributed by atoms with Gasteiger partial charge in [0.25, 0.3) is 5.91 Å². The largest absolute Gasteiger partial charge is 0.459 e. The van der Waals surface area contributed by atoms with Crippen LogP contribution in [0.3, 0.4) is 0 Å². The first-order valence-electron chi connectivity index (χ1n) is 6.31. The van der Waals surface area contributed by atoms with Gasteiger partial charge in [-0.15, -0.1) is 0 Å². The van der Waals surface area contributed by atoms with Crippen molar-refractivity contribution >= 4 is 5.91 Å². The molecule has 0 aromatic carbocycles. The quantitative estimate of drug-likeness (QED) is 0.852. The molecule has 0 aliphatic carbocycles. The van der Waals surface area contributed by atoms with Crippen LogP contribution < -0.4 is 5.43 Å². The molecule has 6 heteroatoms. The third-order valence-corrected chi connectivity index (χ3v) is 3.22. The average molecular weight is 260 g/mol. The number of hydrazine groups is 2. The standard InChI is InChI=1S/C13H16N4O2/c18-13(12-4-3-11-19-12)15-7-9-16(10-8-15)17-6-2-1-5-14-17/h1-6,11,14H,7-10H2. The van der Waals surface area contributed by atoms with Gasteiger partial charge in [-0.1, -0.05) is 0 Å². The van der Waals surface area contributed by atoms with Gasteiger partial charge in [-0.3, -0.25) is 10.2 Å². The van der Waals surface area contributed by atoms with Gasteiger partial charge in [0.2, 0.25) is 0 Å². The number of rotatable bonds is 2. The Bertz CT molecular complexity index is 487. The highest BCUT2D eigenvalue weighted by atomic mass is 16.3. The number of nitrogens with zero attached hydrogens (tertiary/aromatic N) is 3. The van der Waals surface area contributed by atoms with E-state index in [4.69, 9.17) is 4.42 Å². The zero-order chi connectivity index (χ0) is 13.1. The van der Waals surface area contributed by atoms with E-state index in [9.17, 15) is 4.79 Å². The topological polar surface area (TPSA) is 52.0 Å². The van der Waals surface area contributed by atoms with Crippen molar-refractivity contribution in [2.45, 2.75) is 0 Å². The van der Waals surface area contributed by atoms with E-state index < -0.39 is 0 Å². The highest BCUT2D eigenvalue weighted by molar-refractivity contribution is 5.91. The Hall–Kier alpha value is -2.21. The summed E-state index contributed by atoms with van der Waals surface area (Å²) in [6, 6.07) is 3.44. The zero-order valence-electron chi connectivity index (χ0n) is 10.5. The Morgan fingerprint density at radius 3 is 2.68 bits per heavy atom. The maximum absolute atomic E-state index is 12.1. The van der Waals surface area contributed by atoms with Crippen molar-refractivity contribution in [2.75, 3.05) is 26.2 Å². The highest BCUT2D eigenvalue weighted by Crippen LogP contribution is 2.11. The second-order valence-corrected chi connectivity index (χ2v) is 4.40. The van der Waals surface area contributed by atoms with Crippen LogP contribution in [0.2, 0.25) is 0 Å². The summed E-state index contributed by atoms with van der Waals surface area (Å²) in [5, 5.41) is 4.10. The second kappa shape index (κ2) is 5.19. The third-order valence-electron chi connectivity index (χ3n) is 3.22.